The van der Waals surface area contributed by atoms with Crippen LogP contribution >= 0.6 is 0 Å². The Morgan fingerprint density at radius 2 is 1.80 bits per heavy atom. The maximum absolute atomic E-state index is 13.0. The molecule has 1 fully saturated rings. The first-order valence-corrected chi connectivity index (χ1v) is 10.3. The SMILES string of the molecule is CCc1ccc(C2/C(=C(\O)c3cc(C)ccc3C)C(=O)C(=O)N2CCCOC)cc1. The van der Waals surface area contributed by atoms with E-state index in [0.29, 0.717) is 25.1 Å². The molecule has 3 rings (SSSR count). The van der Waals surface area contributed by atoms with Crippen molar-refractivity contribution >= 4 is 17.4 Å². The summed E-state index contributed by atoms with van der Waals surface area (Å²) in [5.41, 5.74) is 4.54. The van der Waals surface area contributed by atoms with Gasteiger partial charge in [0.25, 0.3) is 11.7 Å². The molecule has 0 aliphatic carbocycles. The Kier molecular flexibility index (Phi) is 6.73. The molecule has 30 heavy (non-hydrogen) atoms. The van der Waals surface area contributed by atoms with Gasteiger partial charge in [0.15, 0.2) is 0 Å². The molecule has 158 valence electrons. The second kappa shape index (κ2) is 9.26. The largest absolute Gasteiger partial charge is 0.507 e. The highest BCUT2D eigenvalue weighted by atomic mass is 16.5. The topological polar surface area (TPSA) is 66.8 Å². The predicted molar refractivity (Wildman–Crippen MR) is 117 cm³/mol. The second-order valence-electron chi connectivity index (χ2n) is 7.75. The van der Waals surface area contributed by atoms with Gasteiger partial charge in [-0.2, -0.15) is 0 Å². The van der Waals surface area contributed by atoms with E-state index in [1.54, 1.807) is 12.0 Å². The van der Waals surface area contributed by atoms with Crippen LogP contribution in [-0.4, -0.2) is 42.0 Å². The minimum atomic E-state index is -0.643. The number of aliphatic hydroxyl groups is 1. The fourth-order valence-corrected chi connectivity index (χ4v) is 3.91. The van der Waals surface area contributed by atoms with Gasteiger partial charge in [-0.3, -0.25) is 9.59 Å². The third-order valence-corrected chi connectivity index (χ3v) is 5.64. The van der Waals surface area contributed by atoms with E-state index in [1.807, 2.05) is 56.3 Å². The van der Waals surface area contributed by atoms with Gasteiger partial charge in [-0.05, 0) is 49.4 Å². The summed E-state index contributed by atoms with van der Waals surface area (Å²) in [7, 11) is 1.61. The Labute approximate surface area is 178 Å². The molecule has 1 N–H and O–H groups in total. The summed E-state index contributed by atoms with van der Waals surface area (Å²) in [4.78, 5) is 27.5. The molecule has 5 heteroatoms. The Bertz CT molecular complexity index is 975. The minimum Gasteiger partial charge on any atom is -0.507 e. The molecule has 1 aliphatic rings. The number of benzene rings is 2. The van der Waals surface area contributed by atoms with Crippen molar-refractivity contribution in [2.24, 2.45) is 0 Å². The standard InChI is InChI=1S/C25H29NO4/c1-5-18-9-11-19(12-10-18)22-21(23(27)20-15-16(2)7-8-17(20)3)24(28)25(29)26(22)13-6-14-30-4/h7-12,15,22,27H,5-6,13-14H2,1-4H3/b23-21+. The molecule has 1 unspecified atom stereocenters. The number of Topliss-reactive ketones (excluding diaryl/α,β-unsaturated/α-hetero) is 1. The van der Waals surface area contributed by atoms with Crippen LogP contribution in [0.2, 0.25) is 0 Å². The maximum Gasteiger partial charge on any atom is 0.295 e. The molecule has 0 aromatic heterocycles. The van der Waals surface area contributed by atoms with E-state index in [2.05, 4.69) is 6.92 Å². The summed E-state index contributed by atoms with van der Waals surface area (Å²) in [6, 6.07) is 13.0. The van der Waals surface area contributed by atoms with Crippen LogP contribution in [0.1, 0.15) is 47.2 Å². The van der Waals surface area contributed by atoms with E-state index in [4.69, 9.17) is 4.74 Å². The molecule has 1 atom stereocenters. The van der Waals surface area contributed by atoms with Gasteiger partial charge < -0.3 is 14.7 Å². The zero-order valence-corrected chi connectivity index (χ0v) is 18.1. The number of aliphatic hydroxyl groups excluding tert-OH is 1. The molecule has 0 saturated carbocycles. The number of carbonyl (C=O) groups is 2. The average molecular weight is 408 g/mol. The normalized spacial score (nSPS) is 18.3. The third-order valence-electron chi connectivity index (χ3n) is 5.64. The van der Waals surface area contributed by atoms with Crippen molar-refractivity contribution in [3.8, 4) is 0 Å². The fraction of sp³-hybridized carbons (Fsp3) is 0.360. The number of hydrogen-bond donors (Lipinski definition) is 1. The number of carbonyl (C=O) groups excluding carboxylic acids is 2. The predicted octanol–water partition coefficient (Wildman–Crippen LogP) is 4.32. The van der Waals surface area contributed by atoms with E-state index in [9.17, 15) is 14.7 Å². The van der Waals surface area contributed by atoms with Gasteiger partial charge in [-0.1, -0.05) is 48.9 Å². The fourth-order valence-electron chi connectivity index (χ4n) is 3.91. The summed E-state index contributed by atoms with van der Waals surface area (Å²) >= 11 is 0. The number of rotatable bonds is 7. The number of amides is 1. The van der Waals surface area contributed by atoms with E-state index in [0.717, 1.165) is 23.1 Å². The molecular weight excluding hydrogens is 378 g/mol. The average Bonchev–Trinajstić information content (AvgIpc) is 3.00. The first-order valence-electron chi connectivity index (χ1n) is 10.3. The lowest BCUT2D eigenvalue weighted by atomic mass is 9.92. The second-order valence-corrected chi connectivity index (χ2v) is 7.75. The zero-order valence-electron chi connectivity index (χ0n) is 18.1. The Morgan fingerprint density at radius 3 is 2.43 bits per heavy atom. The Morgan fingerprint density at radius 1 is 1.10 bits per heavy atom. The highest BCUT2D eigenvalue weighted by molar-refractivity contribution is 6.46. The Balaban J connectivity index is 2.15. The van der Waals surface area contributed by atoms with Crippen molar-refractivity contribution in [2.45, 2.75) is 39.7 Å². The van der Waals surface area contributed by atoms with Gasteiger partial charge in [0.1, 0.15) is 5.76 Å². The van der Waals surface area contributed by atoms with E-state index >= 15 is 0 Å². The van der Waals surface area contributed by atoms with Crippen molar-refractivity contribution in [1.82, 2.24) is 4.90 Å². The number of methoxy groups -OCH3 is 1. The molecule has 2 aromatic rings. The van der Waals surface area contributed by atoms with Gasteiger partial charge in [0.05, 0.1) is 11.6 Å². The Hall–Kier alpha value is -2.92. The number of nitrogens with zero attached hydrogens (tertiary/aromatic N) is 1. The van der Waals surface area contributed by atoms with Crippen molar-refractivity contribution in [3.63, 3.8) is 0 Å². The van der Waals surface area contributed by atoms with Crippen molar-refractivity contribution in [2.75, 3.05) is 20.3 Å². The first-order chi connectivity index (χ1) is 14.4. The van der Waals surface area contributed by atoms with Gasteiger partial charge in [-0.25, -0.2) is 0 Å². The lowest BCUT2D eigenvalue weighted by Crippen LogP contribution is -2.31. The molecule has 0 radical (unpaired) electrons. The number of likely N-dealkylation sites (tertiary alicyclic amines) is 1. The summed E-state index contributed by atoms with van der Waals surface area (Å²) in [6.07, 6.45) is 1.51. The molecular formula is C25H29NO4. The summed E-state index contributed by atoms with van der Waals surface area (Å²) in [6.45, 7) is 6.75. The van der Waals surface area contributed by atoms with Gasteiger partial charge in [0, 0.05) is 25.8 Å². The lowest BCUT2D eigenvalue weighted by molar-refractivity contribution is -0.140. The summed E-state index contributed by atoms with van der Waals surface area (Å²) in [5.74, 6) is -1.34. The molecule has 1 amide bonds. The highest BCUT2D eigenvalue weighted by Gasteiger charge is 2.45. The van der Waals surface area contributed by atoms with Crippen LogP contribution in [0.15, 0.2) is 48.0 Å². The van der Waals surface area contributed by atoms with Crippen LogP contribution in [0.3, 0.4) is 0 Å². The van der Waals surface area contributed by atoms with Crippen LogP contribution in [0.4, 0.5) is 0 Å². The summed E-state index contributed by atoms with van der Waals surface area (Å²) < 4.78 is 5.12. The van der Waals surface area contributed by atoms with Gasteiger partial charge >= 0.3 is 0 Å². The monoisotopic (exact) mass is 407 g/mol. The third kappa shape index (κ3) is 4.17. The number of hydrogen-bond acceptors (Lipinski definition) is 4. The highest BCUT2D eigenvalue weighted by Crippen LogP contribution is 2.40. The van der Waals surface area contributed by atoms with Crippen LogP contribution in [0, 0.1) is 13.8 Å². The van der Waals surface area contributed by atoms with Crippen LogP contribution in [0.5, 0.6) is 0 Å². The van der Waals surface area contributed by atoms with E-state index < -0.39 is 17.7 Å². The van der Waals surface area contributed by atoms with Crippen molar-refractivity contribution < 1.29 is 19.4 Å². The van der Waals surface area contributed by atoms with Crippen LogP contribution < -0.4 is 0 Å². The van der Waals surface area contributed by atoms with E-state index in [-0.39, 0.29) is 11.3 Å². The molecule has 1 aliphatic heterocycles. The molecule has 5 nitrogen and oxygen atoms in total. The molecule has 1 heterocycles. The van der Waals surface area contributed by atoms with E-state index in [1.165, 1.54) is 5.56 Å². The zero-order chi connectivity index (χ0) is 21.8. The molecule has 0 spiro atoms. The van der Waals surface area contributed by atoms with Gasteiger partial charge in [0.2, 0.25) is 0 Å². The minimum absolute atomic E-state index is 0.117. The number of ketones is 1. The van der Waals surface area contributed by atoms with Crippen LogP contribution in [-0.2, 0) is 20.7 Å². The van der Waals surface area contributed by atoms with Crippen molar-refractivity contribution in [3.05, 3.63) is 75.9 Å². The summed E-state index contributed by atoms with van der Waals surface area (Å²) in [5, 5.41) is 11.2. The lowest BCUT2D eigenvalue weighted by Gasteiger charge is -2.25. The maximum atomic E-state index is 13.0. The number of ether oxygens (including phenoxy) is 1. The molecule has 2 aromatic carbocycles. The quantitative estimate of drug-likeness (QED) is 0.321. The van der Waals surface area contributed by atoms with Crippen LogP contribution in [0.25, 0.3) is 5.76 Å². The molecule has 0 bridgehead atoms. The number of aryl methyl sites for hydroxylation is 3. The first kappa shape index (κ1) is 21.8. The van der Waals surface area contributed by atoms with Gasteiger partial charge in [-0.15, -0.1) is 0 Å². The van der Waals surface area contributed by atoms with Crippen molar-refractivity contribution in [1.29, 1.82) is 0 Å². The molecule has 1 saturated heterocycles. The smallest absolute Gasteiger partial charge is 0.295 e.